The smallest absolute Gasteiger partial charge is 0.303 e. The van der Waals surface area contributed by atoms with Gasteiger partial charge in [0.25, 0.3) is 0 Å². The van der Waals surface area contributed by atoms with Crippen LogP contribution in [0, 0.1) is 17.5 Å². The summed E-state index contributed by atoms with van der Waals surface area (Å²) >= 11 is 0. The van der Waals surface area contributed by atoms with Crippen LogP contribution in [-0.4, -0.2) is 21.2 Å². The molecule has 0 radical (unpaired) electrons. The Balaban J connectivity index is 2.04. The Morgan fingerprint density at radius 2 is 1.86 bits per heavy atom. The minimum absolute atomic E-state index is 0.0352. The van der Waals surface area contributed by atoms with E-state index in [0.29, 0.717) is 19.3 Å². The fraction of sp³-hybridized carbons (Fsp3) is 0.308. The van der Waals surface area contributed by atoms with Crippen LogP contribution in [0.2, 0.25) is 0 Å². The highest BCUT2D eigenvalue weighted by Crippen LogP contribution is 2.21. The number of unbranched alkanes of at least 4 members (excludes halogenated alkanes) is 1. The van der Waals surface area contributed by atoms with Crippen molar-refractivity contribution in [1.29, 1.82) is 0 Å². The predicted molar refractivity (Wildman–Crippen MR) is 64.8 cm³/mol. The van der Waals surface area contributed by atoms with E-state index < -0.39 is 23.4 Å². The first-order valence-corrected chi connectivity index (χ1v) is 6.16. The minimum Gasteiger partial charge on any atom is -0.481 e. The average Bonchev–Trinajstić information content (AvgIpc) is 2.89. The molecule has 8 heteroatoms. The second kappa shape index (κ2) is 6.38. The standard InChI is InChI=1S/C13H11F3N2O3/c14-8-5-7(6-9(15)12(8)16)13-17-10(21-18-13)3-1-2-4-11(19)20/h5-6H,1-4H2,(H,19,20). The summed E-state index contributed by atoms with van der Waals surface area (Å²) in [6, 6.07) is 1.55. The molecule has 0 amide bonds. The molecular weight excluding hydrogens is 289 g/mol. The first kappa shape index (κ1) is 15.0. The van der Waals surface area contributed by atoms with Crippen LogP contribution in [0.3, 0.4) is 0 Å². The molecule has 112 valence electrons. The number of benzene rings is 1. The molecule has 0 saturated heterocycles. The molecule has 0 spiro atoms. The molecule has 2 aromatic rings. The van der Waals surface area contributed by atoms with Gasteiger partial charge in [-0.05, 0) is 25.0 Å². The Labute approximate surface area is 117 Å². The zero-order valence-electron chi connectivity index (χ0n) is 10.8. The number of nitrogens with zero attached hydrogens (tertiary/aromatic N) is 2. The molecule has 1 N–H and O–H groups in total. The molecule has 1 heterocycles. The summed E-state index contributed by atoms with van der Waals surface area (Å²) in [6.45, 7) is 0. The lowest BCUT2D eigenvalue weighted by Gasteiger charge is -1.98. The Bertz CT molecular complexity index is 635. The van der Waals surface area contributed by atoms with Crippen molar-refractivity contribution in [2.75, 3.05) is 0 Å². The summed E-state index contributed by atoms with van der Waals surface area (Å²) in [5.41, 5.74) is -0.0352. The number of aryl methyl sites for hydroxylation is 1. The van der Waals surface area contributed by atoms with Gasteiger partial charge in [-0.2, -0.15) is 4.98 Å². The van der Waals surface area contributed by atoms with Crippen molar-refractivity contribution in [2.45, 2.75) is 25.7 Å². The number of halogens is 3. The van der Waals surface area contributed by atoms with Crippen LogP contribution in [0.4, 0.5) is 13.2 Å². The Morgan fingerprint density at radius 1 is 1.19 bits per heavy atom. The van der Waals surface area contributed by atoms with Crippen LogP contribution in [-0.2, 0) is 11.2 Å². The van der Waals surface area contributed by atoms with Crippen LogP contribution >= 0.6 is 0 Å². The van der Waals surface area contributed by atoms with E-state index in [-0.39, 0.29) is 23.7 Å². The normalized spacial score (nSPS) is 10.8. The van der Waals surface area contributed by atoms with Gasteiger partial charge in [0.05, 0.1) is 0 Å². The molecule has 21 heavy (non-hydrogen) atoms. The number of carboxylic acid groups (broad SMARTS) is 1. The summed E-state index contributed by atoms with van der Waals surface area (Å²) < 4.78 is 43.9. The molecule has 5 nitrogen and oxygen atoms in total. The third-order valence-electron chi connectivity index (χ3n) is 2.74. The van der Waals surface area contributed by atoms with Crippen molar-refractivity contribution < 1.29 is 27.6 Å². The number of carbonyl (C=O) groups is 1. The third-order valence-corrected chi connectivity index (χ3v) is 2.74. The summed E-state index contributed by atoms with van der Waals surface area (Å²) in [7, 11) is 0. The molecule has 0 bridgehead atoms. The zero-order valence-corrected chi connectivity index (χ0v) is 10.8. The number of aromatic nitrogens is 2. The average molecular weight is 300 g/mol. The molecule has 1 aromatic carbocycles. The van der Waals surface area contributed by atoms with E-state index in [2.05, 4.69) is 10.1 Å². The number of hydrogen-bond acceptors (Lipinski definition) is 4. The Morgan fingerprint density at radius 3 is 2.48 bits per heavy atom. The molecule has 0 atom stereocenters. The second-order valence-corrected chi connectivity index (χ2v) is 4.37. The van der Waals surface area contributed by atoms with Gasteiger partial charge >= 0.3 is 5.97 Å². The molecular formula is C13H11F3N2O3. The van der Waals surface area contributed by atoms with Gasteiger partial charge < -0.3 is 9.63 Å². The zero-order chi connectivity index (χ0) is 15.4. The van der Waals surface area contributed by atoms with Gasteiger partial charge in [0, 0.05) is 18.4 Å². The van der Waals surface area contributed by atoms with Gasteiger partial charge in [0.1, 0.15) is 0 Å². The van der Waals surface area contributed by atoms with Gasteiger partial charge in [-0.15, -0.1) is 0 Å². The van der Waals surface area contributed by atoms with Crippen molar-refractivity contribution in [3.05, 3.63) is 35.5 Å². The second-order valence-electron chi connectivity index (χ2n) is 4.37. The highest BCUT2D eigenvalue weighted by atomic mass is 19.2. The summed E-state index contributed by atoms with van der Waals surface area (Å²) in [5, 5.41) is 12.0. The minimum atomic E-state index is -1.56. The van der Waals surface area contributed by atoms with Crippen molar-refractivity contribution in [3.8, 4) is 11.4 Å². The SMILES string of the molecule is O=C(O)CCCCc1nc(-c2cc(F)c(F)c(F)c2)no1. The predicted octanol–water partition coefficient (Wildman–Crippen LogP) is 2.95. The van der Waals surface area contributed by atoms with Crippen LogP contribution in [0.15, 0.2) is 16.7 Å². The number of hydrogen-bond donors (Lipinski definition) is 1. The maximum Gasteiger partial charge on any atom is 0.303 e. The molecule has 0 unspecified atom stereocenters. The van der Waals surface area contributed by atoms with Crippen LogP contribution in [0.1, 0.15) is 25.2 Å². The van der Waals surface area contributed by atoms with E-state index in [9.17, 15) is 18.0 Å². The molecule has 1 aromatic heterocycles. The fourth-order valence-electron chi connectivity index (χ4n) is 1.71. The first-order chi connectivity index (χ1) is 9.97. The number of carboxylic acids is 1. The summed E-state index contributed by atoms with van der Waals surface area (Å²) in [6.07, 6.45) is 1.37. The lowest BCUT2D eigenvalue weighted by Crippen LogP contribution is -1.95. The maximum absolute atomic E-state index is 13.1. The molecule has 0 saturated carbocycles. The van der Waals surface area contributed by atoms with Crippen molar-refractivity contribution in [3.63, 3.8) is 0 Å². The Hall–Kier alpha value is -2.38. The highest BCUT2D eigenvalue weighted by molar-refractivity contribution is 5.66. The third kappa shape index (κ3) is 3.80. The number of aliphatic carboxylic acids is 1. The van der Waals surface area contributed by atoms with E-state index >= 15 is 0 Å². The van der Waals surface area contributed by atoms with Gasteiger partial charge in [-0.25, -0.2) is 13.2 Å². The van der Waals surface area contributed by atoms with Crippen LogP contribution in [0.25, 0.3) is 11.4 Å². The fourth-order valence-corrected chi connectivity index (χ4v) is 1.71. The van der Waals surface area contributed by atoms with E-state index in [0.717, 1.165) is 12.1 Å². The van der Waals surface area contributed by atoms with Gasteiger partial charge in [0.15, 0.2) is 17.5 Å². The first-order valence-electron chi connectivity index (χ1n) is 6.16. The van der Waals surface area contributed by atoms with E-state index in [1.165, 1.54) is 0 Å². The van der Waals surface area contributed by atoms with Crippen molar-refractivity contribution in [1.82, 2.24) is 10.1 Å². The van der Waals surface area contributed by atoms with E-state index in [1.807, 2.05) is 0 Å². The molecule has 0 aliphatic carbocycles. The van der Waals surface area contributed by atoms with Gasteiger partial charge in [0.2, 0.25) is 11.7 Å². The van der Waals surface area contributed by atoms with E-state index in [1.54, 1.807) is 0 Å². The highest BCUT2D eigenvalue weighted by Gasteiger charge is 2.15. The summed E-state index contributed by atoms with van der Waals surface area (Å²) in [5.74, 6) is -4.95. The number of rotatable bonds is 6. The van der Waals surface area contributed by atoms with Crippen molar-refractivity contribution >= 4 is 5.97 Å². The lowest BCUT2D eigenvalue weighted by atomic mass is 10.2. The molecule has 0 aliphatic heterocycles. The van der Waals surface area contributed by atoms with Gasteiger partial charge in [-0.1, -0.05) is 5.16 Å². The Kier molecular flexibility index (Phi) is 4.56. The topological polar surface area (TPSA) is 76.2 Å². The molecule has 0 aliphatic rings. The van der Waals surface area contributed by atoms with E-state index in [4.69, 9.17) is 9.63 Å². The molecule has 2 rings (SSSR count). The lowest BCUT2D eigenvalue weighted by molar-refractivity contribution is -0.137. The summed E-state index contributed by atoms with van der Waals surface area (Å²) in [4.78, 5) is 14.3. The van der Waals surface area contributed by atoms with Crippen molar-refractivity contribution in [2.24, 2.45) is 0 Å². The van der Waals surface area contributed by atoms with Crippen LogP contribution < -0.4 is 0 Å². The molecule has 0 fully saturated rings. The monoisotopic (exact) mass is 300 g/mol. The maximum atomic E-state index is 13.1. The largest absolute Gasteiger partial charge is 0.481 e. The quantitative estimate of drug-likeness (QED) is 0.655. The van der Waals surface area contributed by atoms with Crippen LogP contribution in [0.5, 0.6) is 0 Å². The van der Waals surface area contributed by atoms with Gasteiger partial charge in [-0.3, -0.25) is 4.79 Å².